The quantitative estimate of drug-likeness (QED) is 0.640. The number of aryl methyl sites for hydroxylation is 1. The van der Waals surface area contributed by atoms with Crippen LogP contribution in [0.1, 0.15) is 17.2 Å². The Labute approximate surface area is 169 Å². The number of carbonyl (C=O) groups excluding carboxylic acids is 2. The van der Waals surface area contributed by atoms with Crippen molar-refractivity contribution in [1.29, 1.82) is 0 Å². The van der Waals surface area contributed by atoms with Crippen LogP contribution in [0.4, 0.5) is 11.4 Å². The molecule has 2 aliphatic rings. The number of imide groups is 1. The summed E-state index contributed by atoms with van der Waals surface area (Å²) in [5, 5.41) is 1.72. The van der Waals surface area contributed by atoms with E-state index in [4.69, 9.17) is 4.84 Å². The van der Waals surface area contributed by atoms with Gasteiger partial charge in [0.2, 0.25) is 5.91 Å². The number of carbonyl (C=O) groups is 2. The SMILES string of the molecule is Cc1cccc(N2C(=O)[C@@H]3[C@H](ON(c4ccccc4)[C@H]3c3ccccc3)C2=O)c1. The van der Waals surface area contributed by atoms with E-state index in [2.05, 4.69) is 0 Å². The minimum atomic E-state index is -0.839. The summed E-state index contributed by atoms with van der Waals surface area (Å²) in [6.45, 7) is 1.94. The van der Waals surface area contributed by atoms with Crippen molar-refractivity contribution >= 4 is 23.2 Å². The largest absolute Gasteiger partial charge is 0.273 e. The molecule has 2 saturated heterocycles. The van der Waals surface area contributed by atoms with E-state index in [1.165, 1.54) is 4.90 Å². The maximum absolute atomic E-state index is 13.5. The van der Waals surface area contributed by atoms with Crippen molar-refractivity contribution in [3.63, 3.8) is 0 Å². The average Bonchev–Trinajstić information content (AvgIpc) is 3.26. The van der Waals surface area contributed by atoms with Gasteiger partial charge in [0.25, 0.3) is 5.91 Å². The highest BCUT2D eigenvalue weighted by Gasteiger charge is 2.60. The summed E-state index contributed by atoms with van der Waals surface area (Å²) in [7, 11) is 0. The van der Waals surface area contributed by atoms with Gasteiger partial charge in [0.05, 0.1) is 17.4 Å². The predicted molar refractivity (Wildman–Crippen MR) is 110 cm³/mol. The molecule has 2 amide bonds. The normalized spacial score (nSPS) is 23.6. The molecule has 0 unspecified atom stereocenters. The van der Waals surface area contributed by atoms with Crippen LogP contribution in [0.3, 0.4) is 0 Å². The van der Waals surface area contributed by atoms with Crippen LogP contribution in [0.2, 0.25) is 0 Å². The van der Waals surface area contributed by atoms with Crippen molar-refractivity contribution in [2.24, 2.45) is 5.92 Å². The predicted octanol–water partition coefficient (Wildman–Crippen LogP) is 4.05. The summed E-state index contributed by atoms with van der Waals surface area (Å²) in [6, 6.07) is 26.4. The summed E-state index contributed by atoms with van der Waals surface area (Å²) < 4.78 is 0. The zero-order valence-corrected chi connectivity index (χ0v) is 15.9. The van der Waals surface area contributed by atoms with Gasteiger partial charge in [-0.2, -0.15) is 0 Å². The second-order valence-corrected chi connectivity index (χ2v) is 7.42. The van der Waals surface area contributed by atoms with E-state index < -0.39 is 12.0 Å². The smallest absolute Gasteiger partial charge is 0.266 e. The lowest BCUT2D eigenvalue weighted by Crippen LogP contribution is -2.37. The molecule has 3 atom stereocenters. The molecule has 5 nitrogen and oxygen atoms in total. The van der Waals surface area contributed by atoms with Crippen LogP contribution in [-0.2, 0) is 14.4 Å². The monoisotopic (exact) mass is 384 g/mol. The van der Waals surface area contributed by atoms with E-state index in [9.17, 15) is 9.59 Å². The van der Waals surface area contributed by atoms with Gasteiger partial charge in [-0.3, -0.25) is 14.4 Å². The third-order valence-electron chi connectivity index (χ3n) is 5.53. The van der Waals surface area contributed by atoms with E-state index in [0.717, 1.165) is 16.8 Å². The van der Waals surface area contributed by atoms with E-state index in [0.29, 0.717) is 5.69 Å². The first-order valence-electron chi connectivity index (χ1n) is 9.65. The van der Waals surface area contributed by atoms with Crippen molar-refractivity contribution < 1.29 is 14.4 Å². The van der Waals surface area contributed by atoms with Crippen molar-refractivity contribution in [2.75, 3.05) is 9.96 Å². The molecule has 144 valence electrons. The Morgan fingerprint density at radius 2 is 1.41 bits per heavy atom. The first-order valence-corrected chi connectivity index (χ1v) is 9.65. The number of para-hydroxylation sites is 1. The number of nitrogens with zero attached hydrogens (tertiary/aromatic N) is 2. The molecule has 0 aliphatic carbocycles. The number of anilines is 2. The lowest BCUT2D eigenvalue weighted by molar-refractivity contribution is -0.126. The fourth-order valence-electron chi connectivity index (χ4n) is 4.22. The van der Waals surface area contributed by atoms with Crippen LogP contribution >= 0.6 is 0 Å². The molecule has 2 aliphatic heterocycles. The second kappa shape index (κ2) is 6.87. The van der Waals surface area contributed by atoms with E-state index in [1.54, 1.807) is 11.1 Å². The molecule has 0 aromatic heterocycles. The molecule has 0 saturated carbocycles. The molecule has 0 N–H and O–H groups in total. The Morgan fingerprint density at radius 3 is 2.10 bits per heavy atom. The maximum atomic E-state index is 13.5. The molecular formula is C24H20N2O3. The van der Waals surface area contributed by atoms with Gasteiger partial charge in [0, 0.05) is 0 Å². The lowest BCUT2D eigenvalue weighted by Gasteiger charge is -2.28. The lowest BCUT2D eigenvalue weighted by atomic mass is 9.90. The zero-order chi connectivity index (χ0) is 20.0. The molecule has 5 rings (SSSR count). The topological polar surface area (TPSA) is 49.9 Å². The van der Waals surface area contributed by atoms with Crippen LogP contribution in [0.25, 0.3) is 0 Å². The number of fused-ring (bicyclic) bond motifs is 1. The number of hydroxylamine groups is 1. The molecule has 3 aromatic rings. The number of rotatable bonds is 3. The Balaban J connectivity index is 1.59. The van der Waals surface area contributed by atoms with Gasteiger partial charge >= 0.3 is 0 Å². The summed E-state index contributed by atoms with van der Waals surface area (Å²) in [4.78, 5) is 34.1. The summed E-state index contributed by atoms with van der Waals surface area (Å²) in [5.41, 5.74) is 3.34. The first kappa shape index (κ1) is 17.6. The minimum Gasteiger partial charge on any atom is -0.273 e. The first-order chi connectivity index (χ1) is 14.1. The van der Waals surface area contributed by atoms with Crippen molar-refractivity contribution in [3.05, 3.63) is 96.1 Å². The molecule has 29 heavy (non-hydrogen) atoms. The zero-order valence-electron chi connectivity index (χ0n) is 15.9. The highest BCUT2D eigenvalue weighted by Crippen LogP contribution is 2.47. The van der Waals surface area contributed by atoms with Crippen LogP contribution in [0, 0.1) is 12.8 Å². The Bertz CT molecular complexity index is 1070. The van der Waals surface area contributed by atoms with Gasteiger partial charge in [0.15, 0.2) is 6.10 Å². The van der Waals surface area contributed by atoms with Crippen LogP contribution < -0.4 is 9.96 Å². The van der Waals surface area contributed by atoms with Crippen molar-refractivity contribution in [2.45, 2.75) is 19.1 Å². The molecular weight excluding hydrogens is 364 g/mol. The molecule has 0 radical (unpaired) electrons. The highest BCUT2D eigenvalue weighted by atomic mass is 16.7. The van der Waals surface area contributed by atoms with Crippen LogP contribution in [0.5, 0.6) is 0 Å². The number of benzene rings is 3. The Morgan fingerprint density at radius 1 is 0.759 bits per heavy atom. The second-order valence-electron chi connectivity index (χ2n) is 7.42. The highest BCUT2D eigenvalue weighted by molar-refractivity contribution is 6.23. The van der Waals surface area contributed by atoms with Gasteiger partial charge < -0.3 is 0 Å². The molecule has 0 bridgehead atoms. The summed E-state index contributed by atoms with van der Waals surface area (Å²) in [5.74, 6) is -1.14. The van der Waals surface area contributed by atoms with Gasteiger partial charge in [-0.15, -0.1) is 0 Å². The standard InChI is InChI=1S/C24H20N2O3/c1-16-9-8-14-19(15-16)25-23(27)20-21(17-10-4-2-5-11-17)26(29-22(20)24(25)28)18-12-6-3-7-13-18/h2-15,20-22H,1H3/t20-,21-,22-/m0/s1. The van der Waals surface area contributed by atoms with Crippen LogP contribution in [0.15, 0.2) is 84.9 Å². The molecule has 2 heterocycles. The number of hydrogen-bond donors (Lipinski definition) is 0. The minimum absolute atomic E-state index is 0.224. The van der Waals surface area contributed by atoms with E-state index in [1.807, 2.05) is 85.8 Å². The molecule has 2 fully saturated rings. The van der Waals surface area contributed by atoms with Gasteiger partial charge in [0.1, 0.15) is 5.92 Å². The maximum Gasteiger partial charge on any atom is 0.266 e. The number of amides is 2. The molecule has 5 heteroatoms. The van der Waals surface area contributed by atoms with Gasteiger partial charge in [-0.05, 0) is 42.3 Å². The third-order valence-corrected chi connectivity index (χ3v) is 5.53. The summed E-state index contributed by atoms with van der Waals surface area (Å²) >= 11 is 0. The molecule has 3 aromatic carbocycles. The van der Waals surface area contributed by atoms with Gasteiger partial charge in [-0.1, -0.05) is 60.7 Å². The van der Waals surface area contributed by atoms with Gasteiger partial charge in [-0.25, -0.2) is 9.96 Å². The third kappa shape index (κ3) is 2.82. The fourth-order valence-corrected chi connectivity index (χ4v) is 4.22. The average molecular weight is 384 g/mol. The Hall–Kier alpha value is -3.44. The van der Waals surface area contributed by atoms with Crippen LogP contribution in [-0.4, -0.2) is 17.9 Å². The number of hydrogen-bond acceptors (Lipinski definition) is 4. The van der Waals surface area contributed by atoms with Crippen molar-refractivity contribution in [3.8, 4) is 0 Å². The van der Waals surface area contributed by atoms with E-state index in [-0.39, 0.29) is 17.9 Å². The Kier molecular flexibility index (Phi) is 4.18. The van der Waals surface area contributed by atoms with E-state index >= 15 is 0 Å². The van der Waals surface area contributed by atoms with Crippen molar-refractivity contribution in [1.82, 2.24) is 0 Å². The summed E-state index contributed by atoms with van der Waals surface area (Å²) in [6.07, 6.45) is -0.839. The molecule has 0 spiro atoms. The fraction of sp³-hybridized carbons (Fsp3) is 0.167.